The fourth-order valence-corrected chi connectivity index (χ4v) is 1.10. The smallest absolute Gasteiger partial charge is 0.329 e. The predicted molar refractivity (Wildman–Crippen MR) is 61.1 cm³/mol. The second-order valence-electron chi connectivity index (χ2n) is 3.08. The van der Waals surface area contributed by atoms with Crippen LogP contribution >= 0.6 is 0 Å². The molecule has 1 aromatic carbocycles. The molecule has 0 atom stereocenters. The molecular weight excluding hydrogens is 208 g/mol. The number of carbonyl (C=O) groups excluding carboxylic acids is 1. The van der Waals surface area contributed by atoms with Crippen LogP contribution < -0.4 is 10.6 Å². The van der Waals surface area contributed by atoms with Crippen molar-refractivity contribution in [3.8, 4) is 0 Å². The van der Waals surface area contributed by atoms with Gasteiger partial charge in [0.25, 0.3) is 0 Å². The van der Waals surface area contributed by atoms with E-state index in [4.69, 9.17) is 5.11 Å². The van der Waals surface area contributed by atoms with Gasteiger partial charge >= 0.3 is 5.97 Å². The zero-order valence-electron chi connectivity index (χ0n) is 8.73. The van der Waals surface area contributed by atoms with Crippen LogP contribution in [0, 0.1) is 0 Å². The molecule has 84 valence electrons. The van der Waals surface area contributed by atoms with E-state index in [0.29, 0.717) is 11.4 Å². The van der Waals surface area contributed by atoms with Gasteiger partial charge in [0, 0.05) is 30.6 Å². The van der Waals surface area contributed by atoms with Gasteiger partial charge in [-0.15, -0.1) is 0 Å². The van der Waals surface area contributed by atoms with E-state index in [1.807, 2.05) is 0 Å². The third-order valence-corrected chi connectivity index (χ3v) is 1.66. The van der Waals surface area contributed by atoms with Crippen LogP contribution in [-0.2, 0) is 9.59 Å². The van der Waals surface area contributed by atoms with E-state index >= 15 is 0 Å². The molecule has 5 nitrogen and oxygen atoms in total. The zero-order chi connectivity index (χ0) is 12.0. The van der Waals surface area contributed by atoms with Crippen molar-refractivity contribution in [3.05, 3.63) is 36.5 Å². The Bertz CT molecular complexity index is 427. The highest BCUT2D eigenvalue weighted by atomic mass is 16.4. The normalized spacial score (nSPS) is 10.1. The molecule has 1 rings (SSSR count). The minimum Gasteiger partial charge on any atom is -0.478 e. The first-order valence-corrected chi connectivity index (χ1v) is 4.61. The molecule has 0 aromatic heterocycles. The van der Waals surface area contributed by atoms with Gasteiger partial charge in [-0.05, 0) is 18.2 Å². The number of hydrogen-bond acceptors (Lipinski definition) is 3. The molecule has 0 spiro atoms. The van der Waals surface area contributed by atoms with Crippen LogP contribution in [0.4, 0.5) is 11.4 Å². The molecule has 5 heteroatoms. The summed E-state index contributed by atoms with van der Waals surface area (Å²) in [4.78, 5) is 21.0. The fourth-order valence-electron chi connectivity index (χ4n) is 1.10. The number of anilines is 2. The Labute approximate surface area is 92.8 Å². The topological polar surface area (TPSA) is 78.4 Å². The molecular formula is C11H12N2O3. The minimum absolute atomic E-state index is 0.154. The van der Waals surface area contributed by atoms with E-state index in [-0.39, 0.29) is 5.91 Å². The van der Waals surface area contributed by atoms with Crippen LogP contribution in [0.1, 0.15) is 6.92 Å². The number of benzene rings is 1. The largest absolute Gasteiger partial charge is 0.478 e. The SMILES string of the molecule is CC(=O)Nc1cccc(N/C=C/C(=O)O)c1. The zero-order valence-corrected chi connectivity index (χ0v) is 8.73. The standard InChI is InChI=1S/C11H12N2O3/c1-8(14)13-10-4-2-3-9(7-10)12-6-5-11(15)16/h2-7,12H,1H3,(H,13,14)(H,15,16)/b6-5+. The monoisotopic (exact) mass is 220 g/mol. The lowest BCUT2D eigenvalue weighted by Crippen LogP contribution is -2.05. The van der Waals surface area contributed by atoms with Crippen molar-refractivity contribution >= 4 is 23.3 Å². The molecule has 0 unspecified atom stereocenters. The molecule has 0 saturated carbocycles. The fraction of sp³-hybridized carbons (Fsp3) is 0.0909. The van der Waals surface area contributed by atoms with Crippen LogP contribution in [0.2, 0.25) is 0 Å². The third-order valence-electron chi connectivity index (χ3n) is 1.66. The van der Waals surface area contributed by atoms with E-state index in [2.05, 4.69) is 10.6 Å². The Balaban J connectivity index is 2.67. The van der Waals surface area contributed by atoms with Crippen molar-refractivity contribution in [3.63, 3.8) is 0 Å². The summed E-state index contributed by atoms with van der Waals surface area (Å²) in [6.07, 6.45) is 2.31. The van der Waals surface area contributed by atoms with E-state index < -0.39 is 5.97 Å². The molecule has 16 heavy (non-hydrogen) atoms. The summed E-state index contributed by atoms with van der Waals surface area (Å²) >= 11 is 0. The summed E-state index contributed by atoms with van der Waals surface area (Å²) in [5.41, 5.74) is 1.35. The van der Waals surface area contributed by atoms with Crippen LogP contribution in [0.25, 0.3) is 0 Å². The number of carboxylic acid groups (broad SMARTS) is 1. The molecule has 0 fully saturated rings. The second-order valence-corrected chi connectivity index (χ2v) is 3.08. The summed E-state index contributed by atoms with van der Waals surface area (Å²) in [5, 5.41) is 13.8. The van der Waals surface area contributed by atoms with Crippen LogP contribution in [0.15, 0.2) is 36.5 Å². The molecule has 3 N–H and O–H groups in total. The van der Waals surface area contributed by atoms with Crippen molar-refractivity contribution in [2.75, 3.05) is 10.6 Å². The highest BCUT2D eigenvalue weighted by Gasteiger charge is 1.96. The Morgan fingerprint density at radius 2 is 2.00 bits per heavy atom. The number of hydrogen-bond donors (Lipinski definition) is 3. The quantitative estimate of drug-likeness (QED) is 0.674. The van der Waals surface area contributed by atoms with Crippen molar-refractivity contribution in [2.24, 2.45) is 0 Å². The third kappa shape index (κ3) is 4.28. The number of nitrogens with one attached hydrogen (secondary N) is 2. The van der Waals surface area contributed by atoms with Crippen LogP contribution in [-0.4, -0.2) is 17.0 Å². The lowest BCUT2D eigenvalue weighted by Gasteiger charge is -2.04. The van der Waals surface area contributed by atoms with Crippen molar-refractivity contribution < 1.29 is 14.7 Å². The van der Waals surface area contributed by atoms with E-state index in [9.17, 15) is 9.59 Å². The average molecular weight is 220 g/mol. The Kier molecular flexibility index (Phi) is 4.08. The maximum Gasteiger partial charge on any atom is 0.329 e. The van der Waals surface area contributed by atoms with Crippen molar-refractivity contribution in [2.45, 2.75) is 6.92 Å². The summed E-state index contributed by atoms with van der Waals surface area (Å²) in [5.74, 6) is -1.18. The number of amides is 1. The van der Waals surface area contributed by atoms with Gasteiger partial charge in [-0.25, -0.2) is 4.79 Å². The van der Waals surface area contributed by atoms with Crippen molar-refractivity contribution in [1.82, 2.24) is 0 Å². The Morgan fingerprint density at radius 3 is 2.62 bits per heavy atom. The summed E-state index contributed by atoms with van der Waals surface area (Å²) in [6.45, 7) is 1.42. The van der Waals surface area contributed by atoms with Gasteiger partial charge in [0.2, 0.25) is 5.91 Å². The Hall–Kier alpha value is -2.30. The summed E-state index contributed by atoms with van der Waals surface area (Å²) in [7, 11) is 0. The molecule has 0 aliphatic carbocycles. The van der Waals surface area contributed by atoms with Gasteiger partial charge in [0.1, 0.15) is 0 Å². The first-order valence-electron chi connectivity index (χ1n) is 4.61. The lowest BCUT2D eigenvalue weighted by atomic mass is 10.3. The molecule has 0 bridgehead atoms. The summed E-state index contributed by atoms with van der Waals surface area (Å²) in [6, 6.07) is 6.96. The van der Waals surface area contributed by atoms with Gasteiger partial charge in [-0.1, -0.05) is 6.07 Å². The van der Waals surface area contributed by atoms with Gasteiger partial charge < -0.3 is 15.7 Å². The number of aliphatic carboxylic acids is 1. The van der Waals surface area contributed by atoms with Crippen LogP contribution in [0.3, 0.4) is 0 Å². The Morgan fingerprint density at radius 1 is 1.31 bits per heavy atom. The van der Waals surface area contributed by atoms with Crippen LogP contribution in [0.5, 0.6) is 0 Å². The van der Waals surface area contributed by atoms with Gasteiger partial charge in [0.15, 0.2) is 0 Å². The molecule has 1 aromatic rings. The minimum atomic E-state index is -1.02. The highest BCUT2D eigenvalue weighted by Crippen LogP contribution is 2.14. The van der Waals surface area contributed by atoms with E-state index in [0.717, 1.165) is 6.08 Å². The lowest BCUT2D eigenvalue weighted by molar-refractivity contribution is -0.131. The maximum atomic E-state index is 10.8. The molecule has 0 aliphatic heterocycles. The molecule has 0 saturated heterocycles. The number of rotatable bonds is 4. The molecule has 0 aliphatic rings. The highest BCUT2D eigenvalue weighted by molar-refractivity contribution is 5.89. The average Bonchev–Trinajstić information content (AvgIpc) is 2.16. The molecule has 1 amide bonds. The molecule has 0 radical (unpaired) electrons. The molecule has 0 heterocycles. The van der Waals surface area contributed by atoms with E-state index in [1.54, 1.807) is 24.3 Å². The van der Waals surface area contributed by atoms with E-state index in [1.165, 1.54) is 13.1 Å². The first kappa shape index (κ1) is 11.8. The summed E-state index contributed by atoms with van der Waals surface area (Å²) < 4.78 is 0. The maximum absolute atomic E-state index is 10.8. The van der Waals surface area contributed by atoms with Crippen molar-refractivity contribution in [1.29, 1.82) is 0 Å². The predicted octanol–water partition coefficient (Wildman–Crippen LogP) is 1.66. The number of carbonyl (C=O) groups is 2. The first-order chi connectivity index (χ1) is 7.58. The van der Waals surface area contributed by atoms with Gasteiger partial charge in [-0.2, -0.15) is 0 Å². The van der Waals surface area contributed by atoms with Gasteiger partial charge in [0.05, 0.1) is 0 Å². The van der Waals surface area contributed by atoms with Gasteiger partial charge in [-0.3, -0.25) is 4.79 Å². The second kappa shape index (κ2) is 5.55. The number of carboxylic acids is 1.